The van der Waals surface area contributed by atoms with Gasteiger partial charge in [-0.05, 0) is 13.3 Å². The number of halogens is 2. The van der Waals surface area contributed by atoms with Gasteiger partial charge >= 0.3 is 11.9 Å². The molecule has 1 rings (SSSR count). The van der Waals surface area contributed by atoms with Gasteiger partial charge in [0.1, 0.15) is 0 Å². The van der Waals surface area contributed by atoms with Crippen LogP contribution in [-0.4, -0.2) is 52.2 Å². The molecule has 82 valence electrons. The summed E-state index contributed by atoms with van der Waals surface area (Å²) in [4.78, 5) is 11.4. The number of likely N-dealkylation sites (tertiary alicyclic amines) is 1. The van der Waals surface area contributed by atoms with Crippen molar-refractivity contribution in [3.63, 3.8) is 0 Å². The minimum absolute atomic E-state index is 0.0931. The van der Waals surface area contributed by atoms with Crippen LogP contribution in [0, 0.1) is 0 Å². The molecule has 0 spiro atoms. The van der Waals surface area contributed by atoms with E-state index < -0.39 is 24.0 Å². The van der Waals surface area contributed by atoms with Crippen LogP contribution < -0.4 is 0 Å². The van der Waals surface area contributed by atoms with Gasteiger partial charge in [0.2, 0.25) is 0 Å². The number of carbonyl (C=O) groups is 1. The molecule has 0 saturated carbocycles. The van der Waals surface area contributed by atoms with Crippen LogP contribution in [-0.2, 0) is 4.79 Å². The van der Waals surface area contributed by atoms with Gasteiger partial charge < -0.3 is 10.2 Å². The van der Waals surface area contributed by atoms with Gasteiger partial charge in [-0.1, -0.05) is 0 Å². The molecule has 14 heavy (non-hydrogen) atoms. The number of carboxylic acid groups (broad SMARTS) is 1. The van der Waals surface area contributed by atoms with Crippen LogP contribution in [0.25, 0.3) is 0 Å². The van der Waals surface area contributed by atoms with Gasteiger partial charge in [0.15, 0.2) is 0 Å². The first-order valence-electron chi connectivity index (χ1n) is 4.29. The second kappa shape index (κ2) is 3.43. The first kappa shape index (κ1) is 11.3. The van der Waals surface area contributed by atoms with Gasteiger partial charge in [-0.25, -0.2) is 4.79 Å². The molecule has 0 radical (unpaired) electrons. The summed E-state index contributed by atoms with van der Waals surface area (Å²) in [5.41, 5.74) is -0.978. The van der Waals surface area contributed by atoms with Crippen molar-refractivity contribution in [3.05, 3.63) is 0 Å². The fourth-order valence-electron chi connectivity index (χ4n) is 1.52. The van der Waals surface area contributed by atoms with Gasteiger partial charge in [-0.2, -0.15) is 8.78 Å². The van der Waals surface area contributed by atoms with E-state index in [1.54, 1.807) is 6.92 Å². The molecule has 1 unspecified atom stereocenters. The van der Waals surface area contributed by atoms with Gasteiger partial charge in [-0.3, -0.25) is 4.90 Å². The molecule has 0 aromatic heterocycles. The Labute approximate surface area is 80.1 Å². The standard InChI is InChI=1S/C8H13F2NO3/c1-7(14)2-3-11(4-7)5-8(9,10)6(12)13/h14H,2-5H2,1H3,(H,12,13). The van der Waals surface area contributed by atoms with E-state index in [1.165, 1.54) is 4.90 Å². The van der Waals surface area contributed by atoms with Crippen LogP contribution in [0.4, 0.5) is 8.78 Å². The molecule has 1 aliphatic rings. The maximum absolute atomic E-state index is 12.7. The van der Waals surface area contributed by atoms with Crippen LogP contribution in [0.5, 0.6) is 0 Å². The molecule has 1 aliphatic heterocycles. The predicted octanol–water partition coefficient (Wildman–Crippen LogP) is 0.163. The Bertz CT molecular complexity index is 243. The normalized spacial score (nSPS) is 29.4. The fraction of sp³-hybridized carbons (Fsp3) is 0.875. The summed E-state index contributed by atoms with van der Waals surface area (Å²) < 4.78 is 25.5. The number of aliphatic hydroxyl groups is 1. The lowest BCUT2D eigenvalue weighted by Crippen LogP contribution is -2.42. The molecule has 1 atom stereocenters. The number of hydrogen-bond donors (Lipinski definition) is 2. The minimum atomic E-state index is -3.74. The summed E-state index contributed by atoms with van der Waals surface area (Å²) >= 11 is 0. The zero-order chi connectivity index (χ0) is 11.0. The molecular formula is C8H13F2NO3. The third-order valence-electron chi connectivity index (χ3n) is 2.27. The molecule has 1 heterocycles. The molecular weight excluding hydrogens is 196 g/mol. The second-order valence-electron chi connectivity index (χ2n) is 3.97. The van der Waals surface area contributed by atoms with E-state index in [-0.39, 0.29) is 6.54 Å². The van der Waals surface area contributed by atoms with Crippen molar-refractivity contribution in [3.8, 4) is 0 Å². The number of hydrogen-bond acceptors (Lipinski definition) is 3. The summed E-state index contributed by atoms with van der Waals surface area (Å²) in [7, 11) is 0. The highest BCUT2D eigenvalue weighted by Gasteiger charge is 2.43. The quantitative estimate of drug-likeness (QED) is 0.695. The molecule has 0 amide bonds. The molecule has 1 fully saturated rings. The van der Waals surface area contributed by atoms with Crippen LogP contribution in [0.2, 0.25) is 0 Å². The van der Waals surface area contributed by atoms with Crippen molar-refractivity contribution < 1.29 is 23.8 Å². The van der Waals surface area contributed by atoms with E-state index in [4.69, 9.17) is 5.11 Å². The summed E-state index contributed by atoms with van der Waals surface area (Å²) in [6, 6.07) is 0. The number of alkyl halides is 2. The average molecular weight is 209 g/mol. The van der Waals surface area contributed by atoms with Gasteiger partial charge in [0, 0.05) is 13.1 Å². The highest BCUT2D eigenvalue weighted by molar-refractivity contribution is 5.75. The Balaban J connectivity index is 2.51. The molecule has 0 aromatic carbocycles. The third kappa shape index (κ3) is 2.62. The number of nitrogens with zero attached hydrogens (tertiary/aromatic N) is 1. The van der Waals surface area contributed by atoms with Gasteiger partial charge in [0.25, 0.3) is 0 Å². The lowest BCUT2D eigenvalue weighted by atomic mass is 10.1. The second-order valence-corrected chi connectivity index (χ2v) is 3.97. The fourth-order valence-corrected chi connectivity index (χ4v) is 1.52. The molecule has 0 aliphatic carbocycles. The number of aliphatic carboxylic acids is 1. The SMILES string of the molecule is CC1(O)CCN(CC(F)(F)C(=O)O)C1. The smallest absolute Gasteiger partial charge is 0.375 e. The van der Waals surface area contributed by atoms with Crippen molar-refractivity contribution in [2.75, 3.05) is 19.6 Å². The Morgan fingerprint density at radius 3 is 2.57 bits per heavy atom. The molecule has 4 nitrogen and oxygen atoms in total. The minimum Gasteiger partial charge on any atom is -0.477 e. The van der Waals surface area contributed by atoms with Crippen molar-refractivity contribution in [2.45, 2.75) is 24.9 Å². The maximum atomic E-state index is 12.7. The zero-order valence-corrected chi connectivity index (χ0v) is 7.83. The van der Waals surface area contributed by atoms with E-state index >= 15 is 0 Å². The van der Waals surface area contributed by atoms with E-state index in [0.717, 1.165) is 0 Å². The summed E-state index contributed by atoms with van der Waals surface area (Å²) in [6.45, 7) is 1.11. The topological polar surface area (TPSA) is 60.8 Å². The zero-order valence-electron chi connectivity index (χ0n) is 7.83. The van der Waals surface area contributed by atoms with Crippen molar-refractivity contribution in [2.24, 2.45) is 0 Å². The summed E-state index contributed by atoms with van der Waals surface area (Å²) in [5, 5.41) is 17.7. The highest BCUT2D eigenvalue weighted by Crippen LogP contribution is 2.24. The molecule has 0 bridgehead atoms. The Kier molecular flexibility index (Phi) is 2.78. The summed E-state index contributed by atoms with van der Waals surface area (Å²) in [5.74, 6) is -5.86. The average Bonchev–Trinajstić information content (AvgIpc) is 2.28. The van der Waals surface area contributed by atoms with Crippen molar-refractivity contribution >= 4 is 5.97 Å². The lowest BCUT2D eigenvalue weighted by molar-refractivity contribution is -0.167. The highest BCUT2D eigenvalue weighted by atomic mass is 19.3. The lowest BCUT2D eigenvalue weighted by Gasteiger charge is -2.21. The summed E-state index contributed by atoms with van der Waals surface area (Å²) in [6.07, 6.45) is 0.392. The molecule has 6 heteroatoms. The first-order valence-corrected chi connectivity index (χ1v) is 4.29. The molecule has 2 N–H and O–H groups in total. The van der Waals surface area contributed by atoms with Crippen LogP contribution in [0.3, 0.4) is 0 Å². The van der Waals surface area contributed by atoms with Crippen LogP contribution in [0.15, 0.2) is 0 Å². The number of rotatable bonds is 3. The van der Waals surface area contributed by atoms with E-state index in [9.17, 15) is 18.7 Å². The van der Waals surface area contributed by atoms with Crippen molar-refractivity contribution in [1.29, 1.82) is 0 Å². The Morgan fingerprint density at radius 2 is 2.21 bits per heavy atom. The van der Waals surface area contributed by atoms with Gasteiger partial charge in [-0.15, -0.1) is 0 Å². The number of carboxylic acids is 1. The largest absolute Gasteiger partial charge is 0.477 e. The van der Waals surface area contributed by atoms with E-state index in [0.29, 0.717) is 13.0 Å². The molecule has 1 saturated heterocycles. The van der Waals surface area contributed by atoms with Gasteiger partial charge in [0.05, 0.1) is 12.1 Å². The maximum Gasteiger partial charge on any atom is 0.375 e. The predicted molar refractivity (Wildman–Crippen MR) is 44.3 cm³/mol. The Hall–Kier alpha value is -0.750. The third-order valence-corrected chi connectivity index (χ3v) is 2.27. The number of β-amino-alcohol motifs (C(OH)–C–C–N with tert-alkyl or cyclic N) is 1. The van der Waals surface area contributed by atoms with Crippen LogP contribution >= 0.6 is 0 Å². The van der Waals surface area contributed by atoms with Crippen molar-refractivity contribution in [1.82, 2.24) is 4.90 Å². The van der Waals surface area contributed by atoms with Crippen LogP contribution in [0.1, 0.15) is 13.3 Å². The Morgan fingerprint density at radius 1 is 1.64 bits per heavy atom. The van der Waals surface area contributed by atoms with E-state index in [1.807, 2.05) is 0 Å². The first-order chi connectivity index (χ1) is 6.23. The monoisotopic (exact) mass is 209 g/mol. The molecule has 0 aromatic rings. The van der Waals surface area contributed by atoms with E-state index in [2.05, 4.69) is 0 Å².